The summed E-state index contributed by atoms with van der Waals surface area (Å²) in [6.45, 7) is 19.1. The average Bonchev–Trinajstić information content (AvgIpc) is 3.72. The molecule has 0 bridgehead atoms. The number of hydrogen-bond donors (Lipinski definition) is 13. The van der Waals surface area contributed by atoms with Crippen LogP contribution in [0.15, 0.2) is 11.6 Å². The molecule has 0 spiro atoms. The standard InChI is InChI=1S/C53H90O21/c1-22(2)12-11-15-53(10,74-47-42(66)39(63)36(60)29(71-47)21-68-45-40(64)37(61)33(57)23(3)69-45)25-13-16-52(9)32(25)26(54)18-31-50(7)19-27(55)44(49(5,6)30(50)14-17-51(31,52)8)73-48-43(35(59)28(56)20-67-48)72-46-41(65)38(62)34(58)24(4)70-46/h12,23-48,54-66H,11,13-21H2,1-10H3/t23-,24-,25-,26+,27+,28+,29+,30?,31?,32-,33-,34-,35-,36+,37+,38+,39-,40+,41+,42+,43+,44-,45+,46-,47-,48-,50-,51+,52+,53-/m0/s1. The number of rotatable bonds is 13. The van der Waals surface area contributed by atoms with Crippen molar-refractivity contribution in [2.24, 2.45) is 45.3 Å². The van der Waals surface area contributed by atoms with Crippen molar-refractivity contribution >= 4 is 0 Å². The van der Waals surface area contributed by atoms with Gasteiger partial charge < -0.3 is 104 Å². The molecule has 8 fully saturated rings. The van der Waals surface area contributed by atoms with Crippen LogP contribution in [0.4, 0.5) is 0 Å². The summed E-state index contributed by atoms with van der Waals surface area (Å²) >= 11 is 0. The highest BCUT2D eigenvalue weighted by atomic mass is 16.8. The molecule has 4 aliphatic carbocycles. The fourth-order valence-electron chi connectivity index (χ4n) is 16.0. The van der Waals surface area contributed by atoms with Gasteiger partial charge in [-0.15, -0.1) is 0 Å². The molecule has 4 saturated heterocycles. The molecule has 4 aliphatic heterocycles. The molecular formula is C53H90O21. The molecule has 8 rings (SSSR count). The molecule has 74 heavy (non-hydrogen) atoms. The van der Waals surface area contributed by atoms with Gasteiger partial charge in [0.15, 0.2) is 25.2 Å². The molecule has 21 heteroatoms. The summed E-state index contributed by atoms with van der Waals surface area (Å²) in [6.07, 6.45) is -23.4. The zero-order valence-electron chi connectivity index (χ0n) is 44.7. The third-order valence-electron chi connectivity index (χ3n) is 20.4. The maximum absolute atomic E-state index is 12.8. The van der Waals surface area contributed by atoms with Crippen molar-refractivity contribution in [3.05, 3.63) is 11.6 Å². The monoisotopic (exact) mass is 1060 g/mol. The molecule has 0 aromatic carbocycles. The number of hydrogen-bond acceptors (Lipinski definition) is 21. The largest absolute Gasteiger partial charge is 0.393 e. The molecule has 8 aliphatic rings. The lowest BCUT2D eigenvalue weighted by Gasteiger charge is -2.71. The average molecular weight is 1060 g/mol. The van der Waals surface area contributed by atoms with Crippen LogP contribution in [0.3, 0.4) is 0 Å². The van der Waals surface area contributed by atoms with Gasteiger partial charge in [-0.2, -0.15) is 0 Å². The minimum Gasteiger partial charge on any atom is -0.393 e. The Bertz CT molecular complexity index is 1940. The second kappa shape index (κ2) is 21.8. The van der Waals surface area contributed by atoms with Crippen LogP contribution in [0.1, 0.15) is 121 Å². The van der Waals surface area contributed by atoms with E-state index in [9.17, 15) is 66.4 Å². The van der Waals surface area contributed by atoms with Crippen molar-refractivity contribution in [3.63, 3.8) is 0 Å². The van der Waals surface area contributed by atoms with Crippen LogP contribution in [0.2, 0.25) is 0 Å². The molecule has 0 aromatic heterocycles. The number of ether oxygens (including phenoxy) is 8. The normalized spacial score (nSPS) is 54.3. The molecule has 13 N–H and O–H groups in total. The van der Waals surface area contributed by atoms with Gasteiger partial charge in [-0.1, -0.05) is 46.3 Å². The van der Waals surface area contributed by atoms with Crippen molar-refractivity contribution in [2.45, 2.75) is 261 Å². The zero-order valence-corrected chi connectivity index (χ0v) is 44.7. The van der Waals surface area contributed by atoms with E-state index in [-0.39, 0.29) is 35.7 Å². The molecule has 4 saturated carbocycles. The first-order chi connectivity index (χ1) is 34.4. The molecule has 0 amide bonds. The third kappa shape index (κ3) is 10.1. The minimum atomic E-state index is -1.72. The van der Waals surface area contributed by atoms with E-state index in [1.165, 1.54) is 13.8 Å². The van der Waals surface area contributed by atoms with Crippen molar-refractivity contribution in [2.75, 3.05) is 13.2 Å². The van der Waals surface area contributed by atoms with Gasteiger partial charge in [0.25, 0.3) is 0 Å². The van der Waals surface area contributed by atoms with Crippen LogP contribution in [0.5, 0.6) is 0 Å². The summed E-state index contributed by atoms with van der Waals surface area (Å²) in [5.41, 5.74) is -2.00. The topological polar surface area (TPSA) is 337 Å². The lowest BCUT2D eigenvalue weighted by atomic mass is 9.35. The van der Waals surface area contributed by atoms with E-state index in [4.69, 9.17) is 37.9 Å². The summed E-state index contributed by atoms with van der Waals surface area (Å²) < 4.78 is 48.9. The minimum absolute atomic E-state index is 0.0419. The van der Waals surface area contributed by atoms with Crippen LogP contribution in [0.25, 0.3) is 0 Å². The second-order valence-corrected chi connectivity index (χ2v) is 25.4. The number of fused-ring (bicyclic) bond motifs is 5. The Morgan fingerprint density at radius 1 is 0.608 bits per heavy atom. The summed E-state index contributed by atoms with van der Waals surface area (Å²) in [4.78, 5) is 0. The summed E-state index contributed by atoms with van der Waals surface area (Å²) in [5.74, 6) is -0.666. The lowest BCUT2D eigenvalue weighted by molar-refractivity contribution is -0.370. The van der Waals surface area contributed by atoms with E-state index in [2.05, 4.69) is 26.8 Å². The zero-order chi connectivity index (χ0) is 54.5. The fourth-order valence-corrected chi connectivity index (χ4v) is 16.0. The Morgan fingerprint density at radius 3 is 1.82 bits per heavy atom. The van der Waals surface area contributed by atoms with Crippen LogP contribution >= 0.6 is 0 Å². The van der Waals surface area contributed by atoms with Gasteiger partial charge in [-0.05, 0) is 131 Å². The first-order valence-corrected chi connectivity index (χ1v) is 27.1. The quantitative estimate of drug-likeness (QED) is 0.0814. The lowest BCUT2D eigenvalue weighted by Crippen LogP contribution is -2.69. The number of aliphatic hydroxyl groups excluding tert-OH is 13. The number of aliphatic hydroxyl groups is 13. The molecule has 4 heterocycles. The van der Waals surface area contributed by atoms with Gasteiger partial charge in [-0.25, -0.2) is 0 Å². The van der Waals surface area contributed by atoms with Gasteiger partial charge in [0.05, 0.1) is 49.3 Å². The molecule has 0 aromatic rings. The SMILES string of the molecule is CC(C)=CCC[C@](C)(O[C@@H]1O[C@H](CO[C@@H]2O[C@@H](C)[C@H](O)[C@@H](O)[C@H]2O)[C@@H](O)[C@H](O)[C@H]1O)[C@H]1CC[C@]2(C)[C@@H]1[C@H](O)CC1[C@@]3(C)C[C@@H](O)[C@H](O[C@@H]4OC[C@@H](O)[C@H](O)[C@H]4O[C@@H]4O[C@@H](C)[C@H](O)[C@@H](O)[C@H]4O)C(C)(C)C3CC[C@]12C. The molecule has 30 atom stereocenters. The van der Waals surface area contributed by atoms with Crippen LogP contribution < -0.4 is 0 Å². The van der Waals surface area contributed by atoms with Gasteiger partial charge in [0.2, 0.25) is 0 Å². The van der Waals surface area contributed by atoms with E-state index >= 15 is 0 Å². The maximum Gasteiger partial charge on any atom is 0.187 e. The van der Waals surface area contributed by atoms with Gasteiger partial charge in [0.1, 0.15) is 79.4 Å². The molecule has 428 valence electrons. The van der Waals surface area contributed by atoms with Crippen LogP contribution in [-0.2, 0) is 37.9 Å². The molecular weight excluding hydrogens is 973 g/mol. The number of allylic oxidation sites excluding steroid dienone is 2. The highest BCUT2D eigenvalue weighted by Gasteiger charge is 2.73. The van der Waals surface area contributed by atoms with E-state index in [0.29, 0.717) is 32.1 Å². The molecule has 0 radical (unpaired) electrons. The molecule has 2 unspecified atom stereocenters. The maximum atomic E-state index is 12.8. The Labute approximate surface area is 434 Å². The van der Waals surface area contributed by atoms with Gasteiger partial charge >= 0.3 is 0 Å². The summed E-state index contributed by atoms with van der Waals surface area (Å²) in [6, 6.07) is 0. The predicted molar refractivity (Wildman–Crippen MR) is 259 cm³/mol. The van der Waals surface area contributed by atoms with E-state index < -0.39 is 163 Å². The summed E-state index contributed by atoms with van der Waals surface area (Å²) in [7, 11) is 0. The van der Waals surface area contributed by atoms with Crippen molar-refractivity contribution in [3.8, 4) is 0 Å². The Hall–Kier alpha value is -1.10. The first-order valence-electron chi connectivity index (χ1n) is 27.1. The molecule has 21 nitrogen and oxygen atoms in total. The predicted octanol–water partition coefficient (Wildman–Crippen LogP) is -0.537. The second-order valence-electron chi connectivity index (χ2n) is 25.4. The van der Waals surface area contributed by atoms with Crippen LogP contribution in [0, 0.1) is 45.3 Å². The smallest absolute Gasteiger partial charge is 0.187 e. The van der Waals surface area contributed by atoms with Crippen molar-refractivity contribution in [1.82, 2.24) is 0 Å². The highest BCUT2D eigenvalue weighted by molar-refractivity contribution is 5.21. The van der Waals surface area contributed by atoms with Gasteiger partial charge in [-0.3, -0.25) is 0 Å². The Balaban J connectivity index is 1.01. The highest BCUT2D eigenvalue weighted by Crippen LogP contribution is 2.76. The summed E-state index contributed by atoms with van der Waals surface area (Å²) in [5, 5.41) is 144. The van der Waals surface area contributed by atoms with Crippen LogP contribution in [-0.4, -0.2) is 220 Å². The third-order valence-corrected chi connectivity index (χ3v) is 20.4. The fraction of sp³-hybridized carbons (Fsp3) is 0.962. The van der Waals surface area contributed by atoms with Gasteiger partial charge in [0, 0.05) is 0 Å². The van der Waals surface area contributed by atoms with E-state index in [1.54, 1.807) is 0 Å². The Kier molecular flexibility index (Phi) is 17.4. The van der Waals surface area contributed by atoms with E-state index in [0.717, 1.165) is 24.8 Å². The van der Waals surface area contributed by atoms with Crippen molar-refractivity contribution in [1.29, 1.82) is 0 Å². The van der Waals surface area contributed by atoms with E-state index in [1.807, 2.05) is 34.6 Å². The van der Waals surface area contributed by atoms with Crippen molar-refractivity contribution < 1.29 is 104 Å². The Morgan fingerprint density at radius 2 is 1.19 bits per heavy atom. The first kappa shape index (κ1) is 59.0.